The van der Waals surface area contributed by atoms with Crippen molar-refractivity contribution in [3.63, 3.8) is 0 Å². The summed E-state index contributed by atoms with van der Waals surface area (Å²) in [5.41, 5.74) is 1.95. The fraction of sp³-hybridized carbons (Fsp3) is 0.391. The van der Waals surface area contributed by atoms with Crippen molar-refractivity contribution in [1.29, 1.82) is 0 Å². The Bertz CT molecular complexity index is 764. The molecule has 0 aliphatic heterocycles. The normalized spacial score (nSPS) is 11.7. The van der Waals surface area contributed by atoms with Crippen LogP contribution in [0.1, 0.15) is 44.2 Å². The van der Waals surface area contributed by atoms with Crippen molar-refractivity contribution in [2.45, 2.75) is 52.1 Å². The molecular formula is C23H29ClN2O2. The number of hydrogen-bond donors (Lipinski definition) is 1. The second-order valence-electron chi connectivity index (χ2n) is 6.81. The molecule has 1 atom stereocenters. The van der Waals surface area contributed by atoms with E-state index in [-0.39, 0.29) is 11.8 Å². The SMILES string of the molecule is CCCNC(=O)C(CC)N(Cc1ccccc1Cl)C(=O)CCc1ccccc1. The lowest BCUT2D eigenvalue weighted by Crippen LogP contribution is -2.49. The number of rotatable bonds is 10. The summed E-state index contributed by atoms with van der Waals surface area (Å²) in [5.74, 6) is -0.147. The smallest absolute Gasteiger partial charge is 0.242 e. The van der Waals surface area contributed by atoms with Crippen molar-refractivity contribution < 1.29 is 9.59 Å². The number of aryl methyl sites for hydroxylation is 1. The zero-order chi connectivity index (χ0) is 20.4. The average Bonchev–Trinajstić information content (AvgIpc) is 2.72. The van der Waals surface area contributed by atoms with E-state index in [0.717, 1.165) is 17.5 Å². The lowest BCUT2D eigenvalue weighted by molar-refractivity contribution is -0.141. The summed E-state index contributed by atoms with van der Waals surface area (Å²) in [5, 5.41) is 3.53. The van der Waals surface area contributed by atoms with Gasteiger partial charge in [-0.25, -0.2) is 0 Å². The maximum atomic E-state index is 13.1. The van der Waals surface area contributed by atoms with Gasteiger partial charge in [0, 0.05) is 24.5 Å². The molecule has 28 heavy (non-hydrogen) atoms. The van der Waals surface area contributed by atoms with E-state index in [2.05, 4.69) is 5.32 Å². The third-order valence-corrected chi connectivity index (χ3v) is 5.07. The lowest BCUT2D eigenvalue weighted by atomic mass is 10.1. The zero-order valence-electron chi connectivity index (χ0n) is 16.7. The van der Waals surface area contributed by atoms with Crippen LogP contribution in [0.3, 0.4) is 0 Å². The molecule has 0 saturated heterocycles. The predicted molar refractivity (Wildman–Crippen MR) is 114 cm³/mol. The highest BCUT2D eigenvalue weighted by Crippen LogP contribution is 2.20. The Morgan fingerprint density at radius 3 is 2.36 bits per heavy atom. The predicted octanol–water partition coefficient (Wildman–Crippen LogP) is 4.61. The minimum atomic E-state index is -0.508. The number of hydrogen-bond acceptors (Lipinski definition) is 2. The molecule has 0 aliphatic carbocycles. The van der Waals surface area contributed by atoms with Crippen LogP contribution in [-0.2, 0) is 22.6 Å². The third-order valence-electron chi connectivity index (χ3n) is 4.70. The molecule has 2 rings (SSSR count). The van der Waals surface area contributed by atoms with Crippen LogP contribution >= 0.6 is 11.6 Å². The summed E-state index contributed by atoms with van der Waals surface area (Å²) >= 11 is 6.32. The Balaban J connectivity index is 2.19. The van der Waals surface area contributed by atoms with E-state index in [0.29, 0.717) is 37.4 Å². The van der Waals surface area contributed by atoms with Gasteiger partial charge in [0.2, 0.25) is 11.8 Å². The number of carbonyl (C=O) groups excluding carboxylic acids is 2. The fourth-order valence-electron chi connectivity index (χ4n) is 3.14. The Morgan fingerprint density at radius 1 is 1.04 bits per heavy atom. The molecule has 0 heterocycles. The molecule has 5 heteroatoms. The van der Waals surface area contributed by atoms with Crippen LogP contribution in [0.5, 0.6) is 0 Å². The van der Waals surface area contributed by atoms with Crippen LogP contribution in [0.2, 0.25) is 5.02 Å². The van der Waals surface area contributed by atoms with Crippen molar-refractivity contribution in [2.24, 2.45) is 0 Å². The minimum Gasteiger partial charge on any atom is -0.354 e. The van der Waals surface area contributed by atoms with Crippen molar-refractivity contribution in [1.82, 2.24) is 10.2 Å². The molecule has 0 bridgehead atoms. The first-order chi connectivity index (χ1) is 13.6. The van der Waals surface area contributed by atoms with Crippen LogP contribution < -0.4 is 5.32 Å². The van der Waals surface area contributed by atoms with Gasteiger partial charge in [-0.05, 0) is 36.5 Å². The molecule has 2 aromatic rings. The number of nitrogens with one attached hydrogen (secondary N) is 1. The maximum Gasteiger partial charge on any atom is 0.242 e. The highest BCUT2D eigenvalue weighted by molar-refractivity contribution is 6.31. The van der Waals surface area contributed by atoms with E-state index >= 15 is 0 Å². The van der Waals surface area contributed by atoms with Gasteiger partial charge in [-0.15, -0.1) is 0 Å². The molecular weight excluding hydrogens is 372 g/mol. The van der Waals surface area contributed by atoms with Crippen molar-refractivity contribution >= 4 is 23.4 Å². The van der Waals surface area contributed by atoms with Crippen molar-refractivity contribution in [3.05, 3.63) is 70.7 Å². The topological polar surface area (TPSA) is 49.4 Å². The molecule has 4 nitrogen and oxygen atoms in total. The molecule has 0 aromatic heterocycles. The number of benzene rings is 2. The van der Waals surface area contributed by atoms with Crippen molar-refractivity contribution in [2.75, 3.05) is 6.54 Å². The molecule has 0 saturated carbocycles. The van der Waals surface area contributed by atoms with Gasteiger partial charge in [0.15, 0.2) is 0 Å². The monoisotopic (exact) mass is 400 g/mol. The van der Waals surface area contributed by atoms with E-state index in [1.54, 1.807) is 4.90 Å². The second kappa shape index (κ2) is 11.5. The summed E-state index contributed by atoms with van der Waals surface area (Å²) in [6.45, 7) is 4.87. The van der Waals surface area contributed by atoms with Gasteiger partial charge in [0.1, 0.15) is 6.04 Å². The van der Waals surface area contributed by atoms with Crippen LogP contribution in [0.15, 0.2) is 54.6 Å². The summed E-state index contributed by atoms with van der Waals surface area (Å²) in [7, 11) is 0. The summed E-state index contributed by atoms with van der Waals surface area (Å²) in [6.07, 6.45) is 2.41. The molecule has 1 unspecified atom stereocenters. The molecule has 1 N–H and O–H groups in total. The molecule has 0 radical (unpaired) electrons. The van der Waals surface area contributed by atoms with Gasteiger partial charge in [-0.3, -0.25) is 9.59 Å². The Hall–Kier alpha value is -2.33. The standard InChI is InChI=1S/C23H29ClN2O2/c1-3-16-25-23(28)21(4-2)26(17-19-12-8-9-13-20(19)24)22(27)15-14-18-10-6-5-7-11-18/h5-13,21H,3-4,14-17H2,1-2H3,(H,25,28). The Morgan fingerprint density at radius 2 is 1.71 bits per heavy atom. The first-order valence-electron chi connectivity index (χ1n) is 9.91. The largest absolute Gasteiger partial charge is 0.354 e. The lowest BCUT2D eigenvalue weighted by Gasteiger charge is -2.31. The van der Waals surface area contributed by atoms with Crippen LogP contribution in [0.25, 0.3) is 0 Å². The molecule has 2 amide bonds. The molecule has 2 aromatic carbocycles. The van der Waals surface area contributed by atoms with E-state index in [1.165, 1.54) is 0 Å². The van der Waals surface area contributed by atoms with Gasteiger partial charge in [0.25, 0.3) is 0 Å². The zero-order valence-corrected chi connectivity index (χ0v) is 17.4. The van der Waals surface area contributed by atoms with E-state index in [1.807, 2.05) is 68.4 Å². The Labute approximate surface area is 172 Å². The highest BCUT2D eigenvalue weighted by Gasteiger charge is 2.28. The summed E-state index contributed by atoms with van der Waals surface area (Å²) in [6, 6.07) is 16.9. The number of carbonyl (C=O) groups is 2. The number of amides is 2. The van der Waals surface area contributed by atoms with E-state index in [4.69, 9.17) is 11.6 Å². The fourth-order valence-corrected chi connectivity index (χ4v) is 3.33. The van der Waals surface area contributed by atoms with Crippen molar-refractivity contribution in [3.8, 4) is 0 Å². The number of nitrogens with zero attached hydrogens (tertiary/aromatic N) is 1. The first kappa shape index (κ1) is 22.0. The summed E-state index contributed by atoms with van der Waals surface area (Å²) in [4.78, 5) is 27.5. The van der Waals surface area contributed by atoms with Crippen LogP contribution in [0.4, 0.5) is 0 Å². The molecule has 150 valence electrons. The van der Waals surface area contributed by atoms with E-state index < -0.39 is 6.04 Å². The maximum absolute atomic E-state index is 13.1. The van der Waals surface area contributed by atoms with E-state index in [9.17, 15) is 9.59 Å². The third kappa shape index (κ3) is 6.38. The summed E-state index contributed by atoms with van der Waals surface area (Å²) < 4.78 is 0. The average molecular weight is 401 g/mol. The van der Waals surface area contributed by atoms with Crippen LogP contribution in [0, 0.1) is 0 Å². The molecule has 0 spiro atoms. The molecule has 0 fully saturated rings. The van der Waals surface area contributed by atoms with Gasteiger partial charge in [-0.2, -0.15) is 0 Å². The van der Waals surface area contributed by atoms with Crippen LogP contribution in [-0.4, -0.2) is 29.3 Å². The minimum absolute atomic E-state index is 0.0396. The van der Waals surface area contributed by atoms with Gasteiger partial charge >= 0.3 is 0 Å². The quantitative estimate of drug-likeness (QED) is 0.633. The molecule has 0 aliphatic rings. The highest BCUT2D eigenvalue weighted by atomic mass is 35.5. The van der Waals surface area contributed by atoms with Gasteiger partial charge < -0.3 is 10.2 Å². The Kier molecular flexibility index (Phi) is 9.02. The van der Waals surface area contributed by atoms with Gasteiger partial charge in [0.05, 0.1) is 0 Å². The first-order valence-corrected chi connectivity index (χ1v) is 10.3. The number of halogens is 1. The van der Waals surface area contributed by atoms with Gasteiger partial charge in [-0.1, -0.05) is 74.0 Å². The second-order valence-corrected chi connectivity index (χ2v) is 7.22.